The second kappa shape index (κ2) is 10.7. The number of carbonyl (C=O) groups excluding carboxylic acids is 2. The van der Waals surface area contributed by atoms with Crippen LogP contribution in [0.1, 0.15) is 88.3 Å². The third kappa shape index (κ3) is 5.61. The van der Waals surface area contributed by atoms with Crippen LogP contribution in [0, 0.1) is 19.8 Å². The minimum atomic E-state index is -0.328. The van der Waals surface area contributed by atoms with Gasteiger partial charge in [0, 0.05) is 28.6 Å². The van der Waals surface area contributed by atoms with E-state index in [4.69, 9.17) is 4.98 Å². The highest BCUT2D eigenvalue weighted by atomic mass is 32.2. The molecule has 0 aliphatic heterocycles. The summed E-state index contributed by atoms with van der Waals surface area (Å²) in [5, 5.41) is 2.97. The van der Waals surface area contributed by atoms with Crippen LogP contribution in [-0.4, -0.2) is 32.4 Å². The molecule has 1 aromatic carbocycles. The van der Waals surface area contributed by atoms with Crippen molar-refractivity contribution < 1.29 is 9.59 Å². The minimum Gasteiger partial charge on any atom is -0.347 e. The fourth-order valence-electron chi connectivity index (χ4n) is 4.66. The average Bonchev–Trinajstić information content (AvgIpc) is 2.82. The SMILES string of the molecule is CCSc1ccc(CNC(=O)c2ccc3c(n2)C(C(C)C)CC(c2cc(C)nc(C)n2)C3=O)cc1. The minimum absolute atomic E-state index is 0.0129. The van der Waals surface area contributed by atoms with E-state index >= 15 is 0 Å². The summed E-state index contributed by atoms with van der Waals surface area (Å²) in [6.45, 7) is 10.6. The monoisotopic (exact) mass is 488 g/mol. The van der Waals surface area contributed by atoms with Gasteiger partial charge in [-0.3, -0.25) is 9.59 Å². The highest BCUT2D eigenvalue weighted by Crippen LogP contribution is 2.42. The fraction of sp³-hybridized carbons (Fsp3) is 0.393. The molecule has 2 heterocycles. The average molecular weight is 489 g/mol. The summed E-state index contributed by atoms with van der Waals surface area (Å²) < 4.78 is 0. The van der Waals surface area contributed by atoms with Crippen molar-refractivity contribution in [2.45, 2.75) is 64.3 Å². The molecular formula is C28H32N4O2S. The number of benzene rings is 1. The molecule has 1 N–H and O–H groups in total. The molecule has 182 valence electrons. The molecule has 1 aliphatic carbocycles. The molecule has 1 amide bonds. The van der Waals surface area contributed by atoms with E-state index in [1.807, 2.05) is 32.0 Å². The van der Waals surface area contributed by atoms with Gasteiger partial charge in [0.1, 0.15) is 11.5 Å². The molecule has 7 heteroatoms. The van der Waals surface area contributed by atoms with Crippen LogP contribution in [0.3, 0.4) is 0 Å². The van der Waals surface area contributed by atoms with Gasteiger partial charge in [0.05, 0.1) is 17.3 Å². The third-order valence-electron chi connectivity index (χ3n) is 6.42. The number of carbonyl (C=O) groups is 2. The summed E-state index contributed by atoms with van der Waals surface area (Å²) in [6.07, 6.45) is 0.625. The summed E-state index contributed by atoms with van der Waals surface area (Å²) in [4.78, 5) is 41.2. The first-order chi connectivity index (χ1) is 16.8. The van der Waals surface area contributed by atoms with Crippen molar-refractivity contribution in [3.05, 3.63) is 82.2 Å². The van der Waals surface area contributed by atoms with Crippen molar-refractivity contribution >= 4 is 23.5 Å². The molecule has 0 saturated carbocycles. The van der Waals surface area contributed by atoms with E-state index in [1.54, 1.807) is 23.9 Å². The van der Waals surface area contributed by atoms with E-state index in [-0.39, 0.29) is 29.4 Å². The second-order valence-corrected chi connectivity index (χ2v) is 10.7. The molecule has 2 aromatic heterocycles. The van der Waals surface area contributed by atoms with Gasteiger partial charge in [0.25, 0.3) is 5.91 Å². The Hall–Kier alpha value is -3.06. The summed E-state index contributed by atoms with van der Waals surface area (Å²) in [5.41, 5.74) is 4.31. The Morgan fingerprint density at radius 2 is 1.83 bits per heavy atom. The lowest BCUT2D eigenvalue weighted by molar-refractivity contribution is 0.0919. The molecule has 6 nitrogen and oxygen atoms in total. The first-order valence-corrected chi connectivity index (χ1v) is 13.1. The number of rotatable bonds is 7. The number of hydrogen-bond acceptors (Lipinski definition) is 6. The van der Waals surface area contributed by atoms with E-state index < -0.39 is 0 Å². The van der Waals surface area contributed by atoms with Gasteiger partial charge in [0.15, 0.2) is 5.78 Å². The molecule has 0 fully saturated rings. The Morgan fingerprint density at radius 1 is 1.09 bits per heavy atom. The summed E-state index contributed by atoms with van der Waals surface area (Å²) in [7, 11) is 0. The number of ketones is 1. The van der Waals surface area contributed by atoms with Crippen molar-refractivity contribution in [2.24, 2.45) is 5.92 Å². The molecule has 35 heavy (non-hydrogen) atoms. The second-order valence-electron chi connectivity index (χ2n) is 9.37. The van der Waals surface area contributed by atoms with Gasteiger partial charge in [0.2, 0.25) is 0 Å². The molecule has 3 aromatic rings. The molecule has 4 rings (SSSR count). The van der Waals surface area contributed by atoms with Crippen molar-refractivity contribution in [3.63, 3.8) is 0 Å². The summed E-state index contributed by atoms with van der Waals surface area (Å²) in [6, 6.07) is 13.5. The smallest absolute Gasteiger partial charge is 0.270 e. The number of nitrogens with one attached hydrogen (secondary N) is 1. The molecule has 0 spiro atoms. The Bertz CT molecular complexity index is 1220. The Morgan fingerprint density at radius 3 is 2.49 bits per heavy atom. The van der Waals surface area contributed by atoms with E-state index in [1.165, 1.54) is 4.90 Å². The number of aromatic nitrogens is 3. The number of hydrogen-bond donors (Lipinski definition) is 1. The van der Waals surface area contributed by atoms with E-state index in [2.05, 4.69) is 48.2 Å². The van der Waals surface area contributed by atoms with Crippen LogP contribution in [0.15, 0.2) is 47.4 Å². The van der Waals surface area contributed by atoms with Gasteiger partial charge in [-0.1, -0.05) is 32.9 Å². The first-order valence-electron chi connectivity index (χ1n) is 12.1. The molecule has 2 atom stereocenters. The predicted molar refractivity (Wildman–Crippen MR) is 139 cm³/mol. The van der Waals surface area contributed by atoms with Crippen LogP contribution in [0.4, 0.5) is 0 Å². The predicted octanol–water partition coefficient (Wildman–Crippen LogP) is 5.64. The van der Waals surface area contributed by atoms with E-state index in [0.717, 1.165) is 28.4 Å². The van der Waals surface area contributed by atoms with Gasteiger partial charge in [-0.2, -0.15) is 0 Å². The van der Waals surface area contributed by atoms with Crippen molar-refractivity contribution in [2.75, 3.05) is 5.75 Å². The Labute approximate surface area is 211 Å². The van der Waals surface area contributed by atoms with Gasteiger partial charge in [-0.25, -0.2) is 15.0 Å². The standard InChI is InChI=1S/C28H32N4O2S/c1-6-35-20-9-7-19(8-10-20)15-29-28(34)24-12-11-21-26(32-24)22(16(2)3)14-23(27(21)33)25-13-17(4)30-18(5)31-25/h7-13,16,22-23H,6,14-15H2,1-5H3,(H,29,34). The maximum atomic E-state index is 13.5. The van der Waals surface area contributed by atoms with Crippen molar-refractivity contribution in [1.82, 2.24) is 20.3 Å². The van der Waals surface area contributed by atoms with Gasteiger partial charge in [-0.15, -0.1) is 11.8 Å². The van der Waals surface area contributed by atoms with Crippen LogP contribution in [0.5, 0.6) is 0 Å². The molecule has 0 radical (unpaired) electrons. The van der Waals surface area contributed by atoms with Crippen molar-refractivity contribution in [3.8, 4) is 0 Å². The summed E-state index contributed by atoms with van der Waals surface area (Å²) >= 11 is 1.79. The number of nitrogens with zero attached hydrogens (tertiary/aromatic N) is 3. The number of Topliss-reactive ketones (excluding diaryl/α,β-unsaturated/α-hetero) is 1. The first kappa shape index (κ1) is 25.0. The lowest BCUT2D eigenvalue weighted by atomic mass is 9.73. The number of amides is 1. The lowest BCUT2D eigenvalue weighted by Crippen LogP contribution is -2.30. The van der Waals surface area contributed by atoms with Gasteiger partial charge < -0.3 is 5.32 Å². The zero-order chi connectivity index (χ0) is 25.1. The Kier molecular flexibility index (Phi) is 7.65. The number of fused-ring (bicyclic) bond motifs is 1. The maximum absolute atomic E-state index is 13.5. The molecule has 0 saturated heterocycles. The molecule has 2 unspecified atom stereocenters. The highest BCUT2D eigenvalue weighted by Gasteiger charge is 2.38. The molecule has 0 bridgehead atoms. The van der Waals surface area contributed by atoms with Gasteiger partial charge in [-0.05, 0) is 67.8 Å². The normalized spacial score (nSPS) is 17.4. The van der Waals surface area contributed by atoms with Crippen LogP contribution in [0.25, 0.3) is 0 Å². The highest BCUT2D eigenvalue weighted by molar-refractivity contribution is 7.99. The number of thioether (sulfide) groups is 1. The number of pyridine rings is 1. The van der Waals surface area contributed by atoms with Gasteiger partial charge >= 0.3 is 0 Å². The number of aryl methyl sites for hydroxylation is 2. The third-order valence-corrected chi connectivity index (χ3v) is 7.31. The lowest BCUT2D eigenvalue weighted by Gasteiger charge is -2.32. The van der Waals surface area contributed by atoms with E-state index in [0.29, 0.717) is 30.0 Å². The maximum Gasteiger partial charge on any atom is 0.270 e. The van der Waals surface area contributed by atoms with Crippen LogP contribution < -0.4 is 5.32 Å². The van der Waals surface area contributed by atoms with Crippen molar-refractivity contribution in [1.29, 1.82) is 0 Å². The zero-order valence-electron chi connectivity index (χ0n) is 21.0. The zero-order valence-corrected chi connectivity index (χ0v) is 21.8. The molecule has 1 aliphatic rings. The van der Waals surface area contributed by atoms with E-state index in [9.17, 15) is 9.59 Å². The molecular weight excluding hydrogens is 456 g/mol. The largest absolute Gasteiger partial charge is 0.347 e. The van der Waals surface area contributed by atoms with Crippen LogP contribution in [0.2, 0.25) is 0 Å². The Balaban J connectivity index is 1.56. The van der Waals surface area contributed by atoms with Crippen LogP contribution >= 0.6 is 11.8 Å². The summed E-state index contributed by atoms with van der Waals surface area (Å²) in [5.74, 6) is 1.46. The topological polar surface area (TPSA) is 84.8 Å². The fourth-order valence-corrected chi connectivity index (χ4v) is 5.32. The quantitative estimate of drug-likeness (QED) is 0.433. The van der Waals surface area contributed by atoms with Crippen LogP contribution in [-0.2, 0) is 6.54 Å².